The van der Waals surface area contributed by atoms with Gasteiger partial charge in [0.1, 0.15) is 5.82 Å². The molecule has 0 aliphatic heterocycles. The van der Waals surface area contributed by atoms with Gasteiger partial charge >= 0.3 is 0 Å². The Bertz CT molecular complexity index is 1220. The molecule has 5 rings (SSSR count). The summed E-state index contributed by atoms with van der Waals surface area (Å²) in [5, 5.41) is 9.63. The summed E-state index contributed by atoms with van der Waals surface area (Å²) >= 11 is 13.7. The smallest absolute Gasteiger partial charge is 0.227 e. The van der Waals surface area contributed by atoms with Crippen LogP contribution in [0.1, 0.15) is 68.4 Å². The van der Waals surface area contributed by atoms with Gasteiger partial charge in [-0.2, -0.15) is 14.6 Å². The Labute approximate surface area is 211 Å². The first-order valence-corrected chi connectivity index (χ1v) is 13.1. The lowest BCUT2D eigenvalue weighted by Gasteiger charge is -2.30. The second-order valence-corrected chi connectivity index (χ2v) is 10.4. The van der Waals surface area contributed by atoms with Crippen molar-refractivity contribution in [3.8, 4) is 11.1 Å². The minimum absolute atomic E-state index is 0.150. The molecule has 2 aromatic heterocycles. The highest BCUT2D eigenvalue weighted by Gasteiger charge is 2.26. The molecule has 0 amide bonds. The number of benzene rings is 1. The molecule has 3 aromatic rings. The average molecular weight is 499 g/mol. The molecular weight excluding hydrogens is 467 g/mol. The fourth-order valence-electron chi connectivity index (χ4n) is 5.53. The zero-order chi connectivity index (χ0) is 23.8. The van der Waals surface area contributed by atoms with Crippen LogP contribution >= 0.6 is 23.2 Å². The van der Waals surface area contributed by atoms with Crippen LogP contribution in [-0.2, 0) is 0 Å². The molecule has 180 valence electrons. The van der Waals surface area contributed by atoms with E-state index in [0.717, 1.165) is 35.2 Å². The first-order valence-electron chi connectivity index (χ1n) is 12.4. The fraction of sp³-hybridized carbons (Fsp3) is 0.500. The van der Waals surface area contributed by atoms with Crippen LogP contribution in [0.3, 0.4) is 0 Å². The number of nitrogens with two attached hydrogens (primary N) is 1. The highest BCUT2D eigenvalue weighted by molar-refractivity contribution is 6.40. The normalized spacial score (nSPS) is 17.9. The van der Waals surface area contributed by atoms with Crippen molar-refractivity contribution in [2.75, 3.05) is 11.9 Å². The summed E-state index contributed by atoms with van der Waals surface area (Å²) in [6, 6.07) is 4.18. The highest BCUT2D eigenvalue weighted by Crippen LogP contribution is 2.42. The topological polar surface area (TPSA) is 81.1 Å². The number of rotatable bonds is 6. The number of fused-ring (bicyclic) bond motifs is 1. The van der Waals surface area contributed by atoms with Crippen LogP contribution in [0.5, 0.6) is 0 Å². The summed E-state index contributed by atoms with van der Waals surface area (Å²) in [6.07, 6.45) is 11.8. The van der Waals surface area contributed by atoms with Gasteiger partial charge in [0.25, 0.3) is 0 Å². The van der Waals surface area contributed by atoms with Gasteiger partial charge in [-0.05, 0) is 75.1 Å². The first-order chi connectivity index (χ1) is 16.5. The molecule has 6 nitrogen and oxygen atoms in total. The van der Waals surface area contributed by atoms with Crippen molar-refractivity contribution in [3.05, 3.63) is 45.3 Å². The van der Waals surface area contributed by atoms with Crippen LogP contribution in [0.15, 0.2) is 18.2 Å². The number of allylic oxidation sites excluding steroid dienone is 2. The van der Waals surface area contributed by atoms with Gasteiger partial charge in [-0.25, -0.2) is 4.98 Å². The van der Waals surface area contributed by atoms with Gasteiger partial charge in [-0.3, -0.25) is 0 Å². The molecule has 1 fully saturated rings. The van der Waals surface area contributed by atoms with Crippen LogP contribution in [0, 0.1) is 19.8 Å². The average Bonchev–Trinajstić information content (AvgIpc) is 3.46. The molecular formula is C26H32Cl2N6. The second-order valence-electron chi connectivity index (χ2n) is 9.61. The van der Waals surface area contributed by atoms with E-state index in [2.05, 4.69) is 11.4 Å². The summed E-state index contributed by atoms with van der Waals surface area (Å²) in [5.74, 6) is 1.87. The zero-order valence-electron chi connectivity index (χ0n) is 19.9. The van der Waals surface area contributed by atoms with Gasteiger partial charge in [0.2, 0.25) is 5.95 Å². The van der Waals surface area contributed by atoms with Gasteiger partial charge in [0, 0.05) is 18.2 Å². The Hall–Kier alpha value is -2.15. The maximum atomic E-state index is 6.84. The summed E-state index contributed by atoms with van der Waals surface area (Å²) < 4.78 is 1.78. The van der Waals surface area contributed by atoms with E-state index in [1.165, 1.54) is 44.1 Å². The third-order valence-electron chi connectivity index (χ3n) is 7.26. The SMILES string of the molecule is Cc1nc(NC(CN)C2CCCCC2)n2nc(C)c(-c3c(Cl)cc(C4=CCCC4)cc3Cl)c2n1. The van der Waals surface area contributed by atoms with E-state index in [-0.39, 0.29) is 6.04 Å². The number of nitrogens with one attached hydrogen (secondary N) is 1. The Kier molecular flexibility index (Phi) is 6.83. The number of halogens is 2. The van der Waals surface area contributed by atoms with Gasteiger partial charge in [-0.1, -0.05) is 48.5 Å². The number of hydrogen-bond acceptors (Lipinski definition) is 5. The van der Waals surface area contributed by atoms with E-state index in [4.69, 9.17) is 44.0 Å². The van der Waals surface area contributed by atoms with Crippen LogP contribution in [0.4, 0.5) is 5.95 Å². The summed E-state index contributed by atoms with van der Waals surface area (Å²) in [4.78, 5) is 9.44. The molecule has 0 saturated heterocycles. The fourth-order valence-corrected chi connectivity index (χ4v) is 6.21. The maximum absolute atomic E-state index is 6.84. The van der Waals surface area contributed by atoms with Crippen molar-refractivity contribution in [1.82, 2.24) is 19.6 Å². The summed E-state index contributed by atoms with van der Waals surface area (Å²) in [6.45, 7) is 4.41. The maximum Gasteiger partial charge on any atom is 0.227 e. The molecule has 1 aromatic carbocycles. The lowest BCUT2D eigenvalue weighted by atomic mass is 9.84. The van der Waals surface area contributed by atoms with Crippen LogP contribution in [-0.4, -0.2) is 32.2 Å². The molecule has 1 atom stereocenters. The monoisotopic (exact) mass is 498 g/mol. The number of nitrogens with zero attached hydrogens (tertiary/aromatic N) is 4. The van der Waals surface area contributed by atoms with Crippen LogP contribution in [0.25, 0.3) is 22.3 Å². The van der Waals surface area contributed by atoms with Gasteiger partial charge in [0.15, 0.2) is 5.65 Å². The number of aryl methyl sites for hydroxylation is 2. The minimum atomic E-state index is 0.150. The summed E-state index contributed by atoms with van der Waals surface area (Å²) in [7, 11) is 0. The Morgan fingerprint density at radius 3 is 2.44 bits per heavy atom. The van der Waals surface area contributed by atoms with E-state index in [1.807, 2.05) is 26.0 Å². The molecule has 2 heterocycles. The van der Waals surface area contributed by atoms with Crippen molar-refractivity contribution in [2.24, 2.45) is 11.7 Å². The van der Waals surface area contributed by atoms with Crippen molar-refractivity contribution < 1.29 is 0 Å². The van der Waals surface area contributed by atoms with Crippen molar-refractivity contribution in [3.63, 3.8) is 0 Å². The Morgan fingerprint density at radius 1 is 1.06 bits per heavy atom. The molecule has 1 saturated carbocycles. The predicted octanol–water partition coefficient (Wildman–Crippen LogP) is 6.60. The third kappa shape index (κ3) is 4.43. The molecule has 34 heavy (non-hydrogen) atoms. The largest absolute Gasteiger partial charge is 0.350 e. The first kappa shape index (κ1) is 23.6. The van der Waals surface area contributed by atoms with Crippen molar-refractivity contribution in [2.45, 2.75) is 71.3 Å². The Morgan fingerprint density at radius 2 is 1.79 bits per heavy atom. The van der Waals surface area contributed by atoms with Crippen molar-refractivity contribution >= 4 is 40.4 Å². The van der Waals surface area contributed by atoms with Gasteiger partial charge in [0.05, 0.1) is 21.3 Å². The number of anilines is 1. The predicted molar refractivity (Wildman–Crippen MR) is 141 cm³/mol. The standard InChI is InChI=1S/C26H32Cl2N6/c1-15-23(24-20(27)12-19(13-21(24)28)17-8-6-7-9-17)25-30-16(2)31-26(34(25)33-15)32-22(14-29)18-10-4-3-5-11-18/h8,12-13,18,22H,3-7,9-11,14,29H2,1-2H3,(H,30,31,32). The lowest BCUT2D eigenvalue weighted by molar-refractivity contribution is 0.319. The van der Waals surface area contributed by atoms with Crippen LogP contribution < -0.4 is 11.1 Å². The van der Waals surface area contributed by atoms with Crippen LogP contribution in [0.2, 0.25) is 10.0 Å². The molecule has 0 radical (unpaired) electrons. The third-order valence-corrected chi connectivity index (χ3v) is 7.86. The van der Waals surface area contributed by atoms with Gasteiger partial charge < -0.3 is 11.1 Å². The van der Waals surface area contributed by atoms with Gasteiger partial charge in [-0.15, -0.1) is 0 Å². The quantitative estimate of drug-likeness (QED) is 0.399. The minimum Gasteiger partial charge on any atom is -0.350 e. The molecule has 0 spiro atoms. The Balaban J connectivity index is 1.57. The molecule has 1 unspecified atom stereocenters. The van der Waals surface area contributed by atoms with E-state index in [1.54, 1.807) is 4.52 Å². The van der Waals surface area contributed by atoms with Crippen molar-refractivity contribution in [1.29, 1.82) is 0 Å². The molecule has 0 bridgehead atoms. The number of hydrogen-bond donors (Lipinski definition) is 2. The molecule has 3 N–H and O–H groups in total. The highest BCUT2D eigenvalue weighted by atomic mass is 35.5. The molecule has 2 aliphatic carbocycles. The molecule has 2 aliphatic rings. The van der Waals surface area contributed by atoms with E-state index in [0.29, 0.717) is 39.9 Å². The van der Waals surface area contributed by atoms with E-state index < -0.39 is 0 Å². The number of aromatic nitrogens is 4. The summed E-state index contributed by atoms with van der Waals surface area (Å²) in [5.41, 5.74) is 11.7. The van der Waals surface area contributed by atoms with E-state index >= 15 is 0 Å². The molecule has 8 heteroatoms. The zero-order valence-corrected chi connectivity index (χ0v) is 21.4. The lowest BCUT2D eigenvalue weighted by Crippen LogP contribution is -2.38. The second kappa shape index (κ2) is 9.84. The van der Waals surface area contributed by atoms with E-state index in [9.17, 15) is 0 Å².